The van der Waals surface area contributed by atoms with Crippen LogP contribution in [0.25, 0.3) is 10.9 Å². The molecule has 14 heavy (non-hydrogen) atoms. The molecule has 1 aromatic carbocycles. The summed E-state index contributed by atoms with van der Waals surface area (Å²) in [4.78, 5) is 13.7. The van der Waals surface area contributed by atoms with E-state index in [-0.39, 0.29) is 18.0 Å². The number of benzene rings is 1. The highest BCUT2D eigenvalue weighted by Crippen LogP contribution is 2.18. The molecule has 0 bridgehead atoms. The Hall–Kier alpha value is -1.52. The predicted octanol–water partition coefficient (Wildman–Crippen LogP) is 1.24. The number of halogens is 1. The summed E-state index contributed by atoms with van der Waals surface area (Å²) in [6, 6.07) is 8.72. The lowest BCUT2D eigenvalue weighted by atomic mass is 10.2. The molecular formula is C9H10ClN3O. The number of rotatable bonds is 1. The Morgan fingerprint density at radius 3 is 2.71 bits per heavy atom. The fraction of sp³-hybridized carbons (Fsp3) is 0. The summed E-state index contributed by atoms with van der Waals surface area (Å²) in [5.41, 5.74) is 4.04. The molecule has 0 saturated heterocycles. The summed E-state index contributed by atoms with van der Waals surface area (Å²) >= 11 is 0. The maximum atomic E-state index is 11.0. The van der Waals surface area contributed by atoms with Crippen molar-refractivity contribution in [2.75, 3.05) is 5.43 Å². The van der Waals surface area contributed by atoms with Crippen molar-refractivity contribution in [3.8, 4) is 0 Å². The summed E-state index contributed by atoms with van der Waals surface area (Å²) < 4.78 is 0. The first-order valence-electron chi connectivity index (χ1n) is 3.90. The molecule has 0 radical (unpaired) electrons. The van der Waals surface area contributed by atoms with Crippen molar-refractivity contribution in [1.82, 2.24) is 4.98 Å². The molecule has 74 valence electrons. The number of anilines is 1. The summed E-state index contributed by atoms with van der Waals surface area (Å²) in [7, 11) is 0. The van der Waals surface area contributed by atoms with Crippen LogP contribution >= 0.6 is 12.4 Å². The topological polar surface area (TPSA) is 70.9 Å². The molecule has 1 heterocycles. The molecule has 4 nitrogen and oxygen atoms in total. The molecule has 5 heteroatoms. The Balaban J connectivity index is 0.000000980. The number of hydrogen-bond acceptors (Lipinski definition) is 3. The Morgan fingerprint density at radius 2 is 2.00 bits per heavy atom. The molecule has 2 rings (SSSR count). The van der Waals surface area contributed by atoms with Gasteiger partial charge in [0.05, 0.1) is 11.2 Å². The second-order valence-electron chi connectivity index (χ2n) is 2.73. The van der Waals surface area contributed by atoms with E-state index in [9.17, 15) is 4.79 Å². The van der Waals surface area contributed by atoms with Gasteiger partial charge in [0, 0.05) is 11.5 Å². The molecule has 0 atom stereocenters. The van der Waals surface area contributed by atoms with Gasteiger partial charge in [-0.2, -0.15) is 0 Å². The van der Waals surface area contributed by atoms with Gasteiger partial charge in [-0.05, 0) is 18.2 Å². The molecule has 0 spiro atoms. The van der Waals surface area contributed by atoms with Crippen LogP contribution in [0.4, 0.5) is 5.69 Å². The molecule has 0 aliphatic carbocycles. The van der Waals surface area contributed by atoms with Crippen molar-refractivity contribution in [1.29, 1.82) is 0 Å². The maximum absolute atomic E-state index is 11.0. The van der Waals surface area contributed by atoms with E-state index in [1.165, 1.54) is 6.07 Å². The summed E-state index contributed by atoms with van der Waals surface area (Å²) in [6.45, 7) is 0. The number of nitrogens with one attached hydrogen (secondary N) is 2. The van der Waals surface area contributed by atoms with E-state index in [1.54, 1.807) is 6.07 Å². The van der Waals surface area contributed by atoms with Crippen molar-refractivity contribution in [2.24, 2.45) is 5.84 Å². The number of H-pyrrole nitrogens is 1. The standard InChI is InChI=1S/C9H9N3O.ClH/c10-12-8-3-1-2-7-6(8)4-5-9(13)11-7;/h1-5,12H,10H2,(H,11,13);1H. The lowest BCUT2D eigenvalue weighted by Crippen LogP contribution is -2.08. The minimum atomic E-state index is -0.110. The third-order valence-electron chi connectivity index (χ3n) is 1.92. The van der Waals surface area contributed by atoms with Gasteiger partial charge in [0.25, 0.3) is 0 Å². The number of hydrogen-bond donors (Lipinski definition) is 3. The SMILES string of the molecule is Cl.NNc1cccc2[nH]c(=O)ccc12. The third-order valence-corrected chi connectivity index (χ3v) is 1.92. The highest BCUT2D eigenvalue weighted by atomic mass is 35.5. The van der Waals surface area contributed by atoms with E-state index in [0.717, 1.165) is 16.6 Å². The average molecular weight is 212 g/mol. The van der Waals surface area contributed by atoms with Crippen LogP contribution in [0.2, 0.25) is 0 Å². The van der Waals surface area contributed by atoms with Crippen LogP contribution in [0, 0.1) is 0 Å². The number of nitrogen functional groups attached to an aromatic ring is 1. The molecule has 0 amide bonds. The fourth-order valence-electron chi connectivity index (χ4n) is 1.31. The highest BCUT2D eigenvalue weighted by Gasteiger charge is 1.98. The largest absolute Gasteiger partial charge is 0.323 e. The van der Waals surface area contributed by atoms with Crippen LogP contribution in [0.5, 0.6) is 0 Å². The van der Waals surface area contributed by atoms with E-state index in [2.05, 4.69) is 10.4 Å². The summed E-state index contributed by atoms with van der Waals surface area (Å²) in [5, 5.41) is 0.907. The number of pyridine rings is 1. The number of aromatic amines is 1. The quantitative estimate of drug-likeness (QED) is 0.491. The number of nitrogens with two attached hydrogens (primary N) is 1. The molecule has 0 saturated carbocycles. The number of aromatic nitrogens is 1. The van der Waals surface area contributed by atoms with E-state index < -0.39 is 0 Å². The third kappa shape index (κ3) is 1.71. The first kappa shape index (κ1) is 10.6. The van der Waals surface area contributed by atoms with Crippen LogP contribution < -0.4 is 16.8 Å². The molecule has 0 aliphatic rings. The van der Waals surface area contributed by atoms with Gasteiger partial charge >= 0.3 is 0 Å². The lowest BCUT2D eigenvalue weighted by Gasteiger charge is -2.03. The number of fused-ring (bicyclic) bond motifs is 1. The molecular weight excluding hydrogens is 202 g/mol. The zero-order valence-electron chi connectivity index (χ0n) is 7.28. The minimum absolute atomic E-state index is 0. The van der Waals surface area contributed by atoms with Gasteiger partial charge in [0.1, 0.15) is 0 Å². The lowest BCUT2D eigenvalue weighted by molar-refractivity contribution is 1.30. The van der Waals surface area contributed by atoms with Gasteiger partial charge in [0.15, 0.2) is 0 Å². The monoisotopic (exact) mass is 211 g/mol. The maximum Gasteiger partial charge on any atom is 0.248 e. The van der Waals surface area contributed by atoms with E-state index >= 15 is 0 Å². The van der Waals surface area contributed by atoms with Crippen LogP contribution in [0.15, 0.2) is 35.1 Å². The second kappa shape index (κ2) is 4.13. The van der Waals surface area contributed by atoms with E-state index in [4.69, 9.17) is 5.84 Å². The van der Waals surface area contributed by atoms with Crippen molar-refractivity contribution in [3.63, 3.8) is 0 Å². The van der Waals surface area contributed by atoms with Gasteiger partial charge in [-0.15, -0.1) is 12.4 Å². The average Bonchev–Trinajstić information content (AvgIpc) is 2.16. The van der Waals surface area contributed by atoms with Crippen LogP contribution in [0.1, 0.15) is 0 Å². The van der Waals surface area contributed by atoms with E-state index in [0.29, 0.717) is 0 Å². The van der Waals surface area contributed by atoms with Crippen LogP contribution in [-0.2, 0) is 0 Å². The van der Waals surface area contributed by atoms with Gasteiger partial charge < -0.3 is 10.4 Å². The van der Waals surface area contributed by atoms with Crippen molar-refractivity contribution in [3.05, 3.63) is 40.7 Å². The predicted molar refractivity (Wildman–Crippen MR) is 59.6 cm³/mol. The fourth-order valence-corrected chi connectivity index (χ4v) is 1.31. The van der Waals surface area contributed by atoms with Crippen LogP contribution in [-0.4, -0.2) is 4.98 Å². The zero-order chi connectivity index (χ0) is 9.26. The van der Waals surface area contributed by atoms with Gasteiger partial charge in [-0.25, -0.2) is 0 Å². The Labute approximate surface area is 86.5 Å². The van der Waals surface area contributed by atoms with Gasteiger partial charge in [0.2, 0.25) is 5.56 Å². The van der Waals surface area contributed by atoms with E-state index in [1.807, 2.05) is 18.2 Å². The van der Waals surface area contributed by atoms with Gasteiger partial charge in [-0.3, -0.25) is 10.6 Å². The van der Waals surface area contributed by atoms with Crippen LogP contribution in [0.3, 0.4) is 0 Å². The van der Waals surface area contributed by atoms with Crippen molar-refractivity contribution in [2.45, 2.75) is 0 Å². The first-order chi connectivity index (χ1) is 6.31. The zero-order valence-corrected chi connectivity index (χ0v) is 8.10. The smallest absolute Gasteiger partial charge is 0.248 e. The first-order valence-corrected chi connectivity index (χ1v) is 3.90. The van der Waals surface area contributed by atoms with Crippen molar-refractivity contribution < 1.29 is 0 Å². The molecule has 2 aromatic rings. The Morgan fingerprint density at radius 1 is 1.21 bits per heavy atom. The molecule has 4 N–H and O–H groups in total. The summed E-state index contributed by atoms with van der Waals surface area (Å²) in [6.07, 6.45) is 0. The van der Waals surface area contributed by atoms with Crippen molar-refractivity contribution >= 4 is 29.0 Å². The highest BCUT2D eigenvalue weighted by molar-refractivity contribution is 5.90. The normalized spacial score (nSPS) is 9.50. The Bertz CT molecular complexity index is 495. The minimum Gasteiger partial charge on any atom is -0.323 e. The molecule has 0 unspecified atom stereocenters. The molecule has 0 fully saturated rings. The molecule has 1 aromatic heterocycles. The Kier molecular flexibility index (Phi) is 3.11. The van der Waals surface area contributed by atoms with Gasteiger partial charge in [-0.1, -0.05) is 6.07 Å². The molecule has 0 aliphatic heterocycles. The second-order valence-corrected chi connectivity index (χ2v) is 2.73. The summed E-state index contributed by atoms with van der Waals surface area (Å²) in [5.74, 6) is 5.31. The number of hydrazine groups is 1.